The number of carboxylic acids is 1. The molecule has 0 saturated carbocycles. The van der Waals surface area contributed by atoms with Crippen molar-refractivity contribution in [1.82, 2.24) is 5.32 Å². The summed E-state index contributed by atoms with van der Waals surface area (Å²) in [6.07, 6.45) is 0.170. The number of ether oxygens (including phenoxy) is 1. The maximum Gasteiger partial charge on any atom is 0.335 e. The van der Waals surface area contributed by atoms with Gasteiger partial charge in [-0.2, -0.15) is 0 Å². The van der Waals surface area contributed by atoms with Crippen LogP contribution in [0, 0.1) is 5.92 Å². The summed E-state index contributed by atoms with van der Waals surface area (Å²) in [7, 11) is 1.50. The van der Waals surface area contributed by atoms with Crippen molar-refractivity contribution in [3.63, 3.8) is 0 Å². The van der Waals surface area contributed by atoms with E-state index in [4.69, 9.17) is 4.74 Å². The first kappa shape index (κ1) is 22.1. The van der Waals surface area contributed by atoms with E-state index in [-0.39, 0.29) is 30.4 Å². The number of carboxylic acid groups (broad SMARTS) is 1. The highest BCUT2D eigenvalue weighted by molar-refractivity contribution is 5.99. The van der Waals surface area contributed by atoms with E-state index in [0.29, 0.717) is 11.3 Å². The van der Waals surface area contributed by atoms with Crippen molar-refractivity contribution in [3.8, 4) is 0 Å². The topological polar surface area (TPSA) is 105 Å². The van der Waals surface area contributed by atoms with Crippen molar-refractivity contribution >= 4 is 23.5 Å². The molecule has 0 aliphatic carbocycles. The number of nitrogens with one attached hydrogen (secondary N) is 2. The smallest absolute Gasteiger partial charge is 0.335 e. The molecule has 2 aromatic carbocycles. The van der Waals surface area contributed by atoms with Crippen molar-refractivity contribution in [2.45, 2.75) is 32.9 Å². The number of hydrogen-bond donors (Lipinski definition) is 3. The molecule has 2 aromatic rings. The molecule has 0 bridgehead atoms. The van der Waals surface area contributed by atoms with E-state index in [1.165, 1.54) is 19.2 Å². The monoisotopic (exact) mass is 398 g/mol. The lowest BCUT2D eigenvalue weighted by Gasteiger charge is -2.22. The van der Waals surface area contributed by atoms with Crippen LogP contribution in [-0.4, -0.2) is 36.0 Å². The van der Waals surface area contributed by atoms with Gasteiger partial charge in [-0.1, -0.05) is 44.2 Å². The van der Waals surface area contributed by atoms with Gasteiger partial charge in [0.2, 0.25) is 11.8 Å². The zero-order valence-electron chi connectivity index (χ0n) is 16.8. The van der Waals surface area contributed by atoms with E-state index in [1.54, 1.807) is 6.07 Å². The number of anilines is 1. The molecule has 1 unspecified atom stereocenters. The Labute approximate surface area is 170 Å². The summed E-state index contributed by atoms with van der Waals surface area (Å²) in [6.45, 7) is 3.87. The molecule has 0 saturated heterocycles. The quantitative estimate of drug-likeness (QED) is 0.602. The van der Waals surface area contributed by atoms with Crippen molar-refractivity contribution in [3.05, 3.63) is 65.2 Å². The molecule has 154 valence electrons. The number of hydrogen-bond acceptors (Lipinski definition) is 4. The summed E-state index contributed by atoms with van der Waals surface area (Å²) in [5.41, 5.74) is 1.86. The van der Waals surface area contributed by atoms with Gasteiger partial charge in [-0.3, -0.25) is 9.59 Å². The first-order valence-electron chi connectivity index (χ1n) is 9.30. The maximum atomic E-state index is 12.8. The Morgan fingerprint density at radius 1 is 1.03 bits per heavy atom. The number of amides is 2. The molecule has 0 aliphatic heterocycles. The molecule has 0 spiro atoms. The van der Waals surface area contributed by atoms with Gasteiger partial charge in [0.25, 0.3) is 0 Å². The van der Waals surface area contributed by atoms with Crippen LogP contribution in [0.3, 0.4) is 0 Å². The van der Waals surface area contributed by atoms with Crippen LogP contribution in [0.2, 0.25) is 0 Å². The largest absolute Gasteiger partial charge is 0.478 e. The van der Waals surface area contributed by atoms with Gasteiger partial charge in [-0.15, -0.1) is 0 Å². The van der Waals surface area contributed by atoms with Gasteiger partial charge in [0.05, 0.1) is 18.6 Å². The highest BCUT2D eigenvalue weighted by Crippen LogP contribution is 2.17. The Morgan fingerprint density at radius 3 is 2.31 bits per heavy atom. The minimum Gasteiger partial charge on any atom is -0.478 e. The van der Waals surface area contributed by atoms with Crippen molar-refractivity contribution in [1.29, 1.82) is 0 Å². The first-order chi connectivity index (χ1) is 13.8. The molecule has 0 aliphatic rings. The first-order valence-corrected chi connectivity index (χ1v) is 9.30. The Morgan fingerprint density at radius 2 is 1.72 bits per heavy atom. The number of methoxy groups -OCH3 is 1. The van der Waals surface area contributed by atoms with Crippen LogP contribution in [0.1, 0.15) is 35.3 Å². The van der Waals surface area contributed by atoms with Crippen LogP contribution in [0.4, 0.5) is 5.69 Å². The van der Waals surface area contributed by atoms with E-state index in [1.807, 2.05) is 44.2 Å². The third-order valence-corrected chi connectivity index (χ3v) is 4.29. The van der Waals surface area contributed by atoms with Gasteiger partial charge in [0, 0.05) is 12.8 Å². The number of benzene rings is 2. The Balaban J connectivity index is 2.12. The molecule has 7 heteroatoms. The summed E-state index contributed by atoms with van der Waals surface area (Å²) < 4.78 is 5.05. The van der Waals surface area contributed by atoms with Crippen LogP contribution in [-0.2, 0) is 27.4 Å². The third kappa shape index (κ3) is 6.73. The second-order valence-corrected chi connectivity index (χ2v) is 7.10. The van der Waals surface area contributed by atoms with Crippen LogP contribution in [0.15, 0.2) is 48.5 Å². The van der Waals surface area contributed by atoms with Crippen molar-refractivity contribution in [2.24, 2.45) is 5.92 Å². The zero-order valence-corrected chi connectivity index (χ0v) is 16.8. The standard InChI is InChI=1S/C22H26N2O5/c1-14(2)20(24-19(25)11-15-7-5-4-6-8-15)21(26)23-18-10-16(13-29-3)9-17(12-18)22(27)28/h4-10,12,14,20H,11,13H2,1-3H3,(H,23,26)(H,24,25)(H,27,28). The molecule has 2 amide bonds. The summed E-state index contributed by atoms with van der Waals surface area (Å²) in [6, 6.07) is 13.0. The van der Waals surface area contributed by atoms with Crippen molar-refractivity contribution < 1.29 is 24.2 Å². The highest BCUT2D eigenvalue weighted by Gasteiger charge is 2.24. The van der Waals surface area contributed by atoms with Gasteiger partial charge < -0.3 is 20.5 Å². The minimum atomic E-state index is -1.10. The van der Waals surface area contributed by atoms with Gasteiger partial charge in [-0.25, -0.2) is 4.79 Å². The highest BCUT2D eigenvalue weighted by atomic mass is 16.5. The van der Waals surface area contributed by atoms with Gasteiger partial charge >= 0.3 is 5.97 Å². The number of aromatic carboxylic acids is 1. The Kier molecular flexibility index (Phi) is 7.91. The number of rotatable bonds is 9. The van der Waals surface area contributed by atoms with Gasteiger partial charge in [0.15, 0.2) is 0 Å². The van der Waals surface area contributed by atoms with Crippen LogP contribution in [0.5, 0.6) is 0 Å². The average molecular weight is 398 g/mol. The molecule has 0 fully saturated rings. The Hall–Kier alpha value is -3.19. The third-order valence-electron chi connectivity index (χ3n) is 4.29. The molecule has 2 rings (SSSR count). The summed E-state index contributed by atoms with van der Waals surface area (Å²) in [4.78, 5) is 36.5. The lowest BCUT2D eigenvalue weighted by Crippen LogP contribution is -2.47. The van der Waals surface area contributed by atoms with E-state index in [9.17, 15) is 19.5 Å². The molecule has 0 heterocycles. The lowest BCUT2D eigenvalue weighted by atomic mass is 10.0. The van der Waals surface area contributed by atoms with E-state index in [0.717, 1.165) is 5.56 Å². The van der Waals surface area contributed by atoms with Crippen LogP contribution >= 0.6 is 0 Å². The second-order valence-electron chi connectivity index (χ2n) is 7.10. The fourth-order valence-corrected chi connectivity index (χ4v) is 2.90. The SMILES string of the molecule is COCc1cc(NC(=O)C(NC(=O)Cc2ccccc2)C(C)C)cc(C(=O)O)c1. The second kappa shape index (κ2) is 10.4. The van der Waals surface area contributed by atoms with Gasteiger partial charge in [0.1, 0.15) is 6.04 Å². The lowest BCUT2D eigenvalue weighted by molar-refractivity contribution is -0.127. The fraction of sp³-hybridized carbons (Fsp3) is 0.318. The summed E-state index contributed by atoms with van der Waals surface area (Å²) in [5, 5.41) is 14.8. The predicted octanol–water partition coefficient (Wildman–Crippen LogP) is 2.85. The molecule has 7 nitrogen and oxygen atoms in total. The van der Waals surface area contributed by atoms with Crippen LogP contribution < -0.4 is 10.6 Å². The average Bonchev–Trinajstić information content (AvgIpc) is 2.66. The summed E-state index contributed by atoms with van der Waals surface area (Å²) in [5.74, 6) is -1.93. The number of carbonyl (C=O) groups excluding carboxylic acids is 2. The molecular formula is C22H26N2O5. The molecule has 29 heavy (non-hydrogen) atoms. The Bertz CT molecular complexity index is 865. The number of carbonyl (C=O) groups is 3. The van der Waals surface area contributed by atoms with E-state index >= 15 is 0 Å². The molecule has 0 radical (unpaired) electrons. The molecule has 0 aromatic heterocycles. The molecular weight excluding hydrogens is 372 g/mol. The molecule has 3 N–H and O–H groups in total. The molecule has 1 atom stereocenters. The van der Waals surface area contributed by atoms with Crippen molar-refractivity contribution in [2.75, 3.05) is 12.4 Å². The van der Waals surface area contributed by atoms with E-state index < -0.39 is 17.9 Å². The maximum absolute atomic E-state index is 12.8. The van der Waals surface area contributed by atoms with Gasteiger partial charge in [-0.05, 0) is 35.2 Å². The minimum absolute atomic E-state index is 0.0454. The summed E-state index contributed by atoms with van der Waals surface area (Å²) >= 11 is 0. The predicted molar refractivity (Wildman–Crippen MR) is 110 cm³/mol. The normalized spacial score (nSPS) is 11.7. The van der Waals surface area contributed by atoms with Crippen LogP contribution in [0.25, 0.3) is 0 Å². The fourth-order valence-electron chi connectivity index (χ4n) is 2.90. The zero-order chi connectivity index (χ0) is 21.4. The van der Waals surface area contributed by atoms with E-state index in [2.05, 4.69) is 10.6 Å².